The lowest BCUT2D eigenvalue weighted by Gasteiger charge is -2.25. The van der Waals surface area contributed by atoms with Gasteiger partial charge in [0.15, 0.2) is 6.04 Å². The van der Waals surface area contributed by atoms with Crippen LogP contribution in [0.2, 0.25) is 0 Å². The number of carbonyl (C=O) groups is 2. The summed E-state index contributed by atoms with van der Waals surface area (Å²) in [4.78, 5) is 23.3. The lowest BCUT2D eigenvalue weighted by molar-refractivity contribution is -0.160. The largest absolute Gasteiger partial charge is 0.458 e. The van der Waals surface area contributed by atoms with Gasteiger partial charge in [0, 0.05) is 5.41 Å². The topological polar surface area (TPSA) is 75.6 Å². The highest BCUT2D eigenvalue weighted by Gasteiger charge is 2.30. The van der Waals surface area contributed by atoms with Crippen molar-refractivity contribution < 1.29 is 19.4 Å². The number of nitrogens with one attached hydrogen (secondary N) is 1. The van der Waals surface area contributed by atoms with Gasteiger partial charge in [-0.25, -0.2) is 4.79 Å². The van der Waals surface area contributed by atoms with E-state index in [2.05, 4.69) is 5.32 Å². The molecule has 1 amide bonds. The van der Waals surface area contributed by atoms with Crippen LogP contribution >= 0.6 is 0 Å². The van der Waals surface area contributed by atoms with Crippen LogP contribution in [0.5, 0.6) is 0 Å². The number of rotatable bonds is 3. The summed E-state index contributed by atoms with van der Waals surface area (Å²) < 4.78 is 5.09. The standard InChI is InChI=1S/C12H23NO4/c1-11(2,3)10(16)13-8(7-14)9(15)17-12(4,5)6/h8,14H,7H2,1-6H3,(H,13,16)/t8-/m0/s1. The van der Waals surface area contributed by atoms with Gasteiger partial charge in [-0.1, -0.05) is 20.8 Å². The van der Waals surface area contributed by atoms with E-state index >= 15 is 0 Å². The second kappa shape index (κ2) is 5.49. The molecule has 0 spiro atoms. The predicted octanol–water partition coefficient (Wildman–Crippen LogP) is 0.851. The molecule has 17 heavy (non-hydrogen) atoms. The maximum atomic E-state index is 11.7. The number of aliphatic hydroxyl groups is 1. The van der Waals surface area contributed by atoms with E-state index in [-0.39, 0.29) is 5.91 Å². The first-order chi connectivity index (χ1) is 7.47. The Kier molecular flexibility index (Phi) is 5.13. The molecule has 0 aromatic carbocycles. The molecule has 0 aliphatic carbocycles. The Morgan fingerprint density at radius 2 is 1.65 bits per heavy atom. The average molecular weight is 245 g/mol. The number of amides is 1. The number of hydrogen-bond acceptors (Lipinski definition) is 4. The number of esters is 1. The molecule has 0 aliphatic rings. The van der Waals surface area contributed by atoms with Gasteiger partial charge in [0.1, 0.15) is 5.60 Å². The Balaban J connectivity index is 4.55. The Hall–Kier alpha value is -1.10. The molecule has 5 nitrogen and oxygen atoms in total. The fraction of sp³-hybridized carbons (Fsp3) is 0.833. The van der Waals surface area contributed by atoms with Gasteiger partial charge in [0.25, 0.3) is 0 Å². The molecule has 2 N–H and O–H groups in total. The van der Waals surface area contributed by atoms with Gasteiger partial charge in [-0.05, 0) is 20.8 Å². The number of ether oxygens (including phenoxy) is 1. The van der Waals surface area contributed by atoms with Gasteiger partial charge >= 0.3 is 5.97 Å². The Morgan fingerprint density at radius 3 is 1.94 bits per heavy atom. The molecule has 100 valence electrons. The highest BCUT2D eigenvalue weighted by atomic mass is 16.6. The lowest BCUT2D eigenvalue weighted by atomic mass is 9.95. The Bertz CT molecular complexity index is 286. The molecular weight excluding hydrogens is 222 g/mol. The van der Waals surface area contributed by atoms with Crippen molar-refractivity contribution >= 4 is 11.9 Å². The van der Waals surface area contributed by atoms with Crippen molar-refractivity contribution in [3.63, 3.8) is 0 Å². The fourth-order valence-corrected chi connectivity index (χ4v) is 0.927. The molecule has 0 fully saturated rings. The van der Waals surface area contributed by atoms with E-state index < -0.39 is 29.6 Å². The van der Waals surface area contributed by atoms with Gasteiger partial charge in [-0.15, -0.1) is 0 Å². The fourth-order valence-electron chi connectivity index (χ4n) is 0.927. The summed E-state index contributed by atoms with van der Waals surface area (Å²) >= 11 is 0. The number of aliphatic hydroxyl groups excluding tert-OH is 1. The van der Waals surface area contributed by atoms with Crippen molar-refractivity contribution in [1.29, 1.82) is 0 Å². The van der Waals surface area contributed by atoms with E-state index in [4.69, 9.17) is 9.84 Å². The molecule has 0 saturated heterocycles. The smallest absolute Gasteiger partial charge is 0.331 e. The second-order valence-corrected chi connectivity index (χ2v) is 5.99. The third-order valence-electron chi connectivity index (χ3n) is 1.86. The molecule has 0 heterocycles. The molecule has 0 aliphatic heterocycles. The van der Waals surface area contributed by atoms with E-state index in [1.807, 2.05) is 0 Å². The van der Waals surface area contributed by atoms with Gasteiger partial charge in [-0.3, -0.25) is 4.79 Å². The van der Waals surface area contributed by atoms with Crippen LogP contribution in [0.25, 0.3) is 0 Å². The highest BCUT2D eigenvalue weighted by Crippen LogP contribution is 2.14. The van der Waals surface area contributed by atoms with Crippen LogP contribution in [0, 0.1) is 5.41 Å². The minimum Gasteiger partial charge on any atom is -0.458 e. The monoisotopic (exact) mass is 245 g/mol. The van der Waals surface area contributed by atoms with E-state index in [0.29, 0.717) is 0 Å². The van der Waals surface area contributed by atoms with Crippen LogP contribution in [-0.2, 0) is 14.3 Å². The molecule has 0 aromatic heterocycles. The summed E-state index contributed by atoms with van der Waals surface area (Å²) in [6.07, 6.45) is 0. The summed E-state index contributed by atoms with van der Waals surface area (Å²) in [6.45, 7) is 9.89. The summed E-state index contributed by atoms with van der Waals surface area (Å²) in [7, 11) is 0. The molecule has 0 unspecified atom stereocenters. The molecule has 1 atom stereocenters. The van der Waals surface area contributed by atoms with Gasteiger partial charge in [-0.2, -0.15) is 0 Å². The summed E-state index contributed by atoms with van der Waals surface area (Å²) in [5.41, 5.74) is -1.26. The van der Waals surface area contributed by atoms with Crippen molar-refractivity contribution in [2.45, 2.75) is 53.2 Å². The summed E-state index contributed by atoms with van der Waals surface area (Å²) in [5.74, 6) is -0.931. The highest BCUT2D eigenvalue weighted by molar-refractivity contribution is 5.87. The average Bonchev–Trinajstić information content (AvgIpc) is 2.08. The van der Waals surface area contributed by atoms with Gasteiger partial charge in [0.05, 0.1) is 6.61 Å². The maximum Gasteiger partial charge on any atom is 0.331 e. The molecule has 5 heteroatoms. The minimum absolute atomic E-state index is 0.303. The normalized spacial score (nSPS) is 14.1. The zero-order chi connectivity index (χ0) is 13.9. The van der Waals surface area contributed by atoms with Crippen molar-refractivity contribution in [3.05, 3.63) is 0 Å². The van der Waals surface area contributed by atoms with E-state index in [1.54, 1.807) is 41.5 Å². The van der Waals surface area contributed by atoms with Crippen LogP contribution in [0.3, 0.4) is 0 Å². The maximum absolute atomic E-state index is 11.7. The second-order valence-electron chi connectivity index (χ2n) is 5.99. The minimum atomic E-state index is -1.01. The van der Waals surface area contributed by atoms with E-state index in [1.165, 1.54) is 0 Å². The third kappa shape index (κ3) is 6.26. The van der Waals surface area contributed by atoms with E-state index in [0.717, 1.165) is 0 Å². The molecule has 0 aromatic rings. The Labute approximate surface area is 103 Å². The van der Waals surface area contributed by atoms with Gasteiger partial charge in [0.2, 0.25) is 5.91 Å². The van der Waals surface area contributed by atoms with Crippen molar-refractivity contribution in [3.8, 4) is 0 Å². The molecule has 0 saturated carbocycles. The van der Waals surface area contributed by atoms with Crippen LogP contribution in [0.15, 0.2) is 0 Å². The van der Waals surface area contributed by atoms with E-state index in [9.17, 15) is 9.59 Å². The van der Waals surface area contributed by atoms with Gasteiger partial charge < -0.3 is 15.2 Å². The molecule has 0 bridgehead atoms. The third-order valence-corrected chi connectivity index (χ3v) is 1.86. The Morgan fingerprint density at radius 1 is 1.18 bits per heavy atom. The number of hydrogen-bond donors (Lipinski definition) is 2. The quantitative estimate of drug-likeness (QED) is 0.723. The van der Waals surface area contributed by atoms with Crippen LogP contribution in [0.4, 0.5) is 0 Å². The molecule has 0 rings (SSSR count). The first-order valence-electron chi connectivity index (χ1n) is 5.62. The van der Waals surface area contributed by atoms with Crippen molar-refractivity contribution in [1.82, 2.24) is 5.32 Å². The SMILES string of the molecule is CC(C)(C)OC(=O)[C@H](CO)NC(=O)C(C)(C)C. The van der Waals surface area contributed by atoms with Crippen molar-refractivity contribution in [2.24, 2.45) is 5.41 Å². The summed E-state index contributed by atoms with van der Waals surface area (Å²) in [5, 5.41) is 11.6. The van der Waals surface area contributed by atoms with Crippen LogP contribution in [0.1, 0.15) is 41.5 Å². The van der Waals surface area contributed by atoms with Crippen LogP contribution < -0.4 is 5.32 Å². The zero-order valence-corrected chi connectivity index (χ0v) is 11.5. The molecular formula is C12H23NO4. The molecule has 0 radical (unpaired) electrons. The summed E-state index contributed by atoms with van der Waals surface area (Å²) in [6, 6.07) is -1.01. The number of carbonyl (C=O) groups excluding carboxylic acids is 2. The zero-order valence-electron chi connectivity index (χ0n) is 11.5. The van der Waals surface area contributed by atoms with Crippen molar-refractivity contribution in [2.75, 3.05) is 6.61 Å². The first-order valence-corrected chi connectivity index (χ1v) is 5.62. The lowest BCUT2D eigenvalue weighted by Crippen LogP contribution is -2.49. The first kappa shape index (κ1) is 15.9. The van der Waals surface area contributed by atoms with Crippen LogP contribution in [-0.4, -0.2) is 35.2 Å². The predicted molar refractivity (Wildman–Crippen MR) is 64.3 cm³/mol.